The number of carbonyl (C=O) groups is 2. The van der Waals surface area contributed by atoms with Gasteiger partial charge in [0.1, 0.15) is 5.82 Å². The van der Waals surface area contributed by atoms with Gasteiger partial charge in [-0.25, -0.2) is 4.39 Å². The number of rotatable bonds is 3. The van der Waals surface area contributed by atoms with Crippen LogP contribution >= 0.6 is 0 Å². The molecule has 0 unspecified atom stereocenters. The highest BCUT2D eigenvalue weighted by Gasteiger charge is 2.37. The lowest BCUT2D eigenvalue weighted by Gasteiger charge is -2.13. The number of amides is 1. The van der Waals surface area contributed by atoms with Gasteiger partial charge in [-0.15, -0.1) is 0 Å². The summed E-state index contributed by atoms with van der Waals surface area (Å²) < 4.78 is 18.3. The Bertz CT molecular complexity index is 767. The van der Waals surface area contributed by atoms with E-state index in [1.54, 1.807) is 0 Å². The molecule has 1 saturated carbocycles. The van der Waals surface area contributed by atoms with E-state index >= 15 is 0 Å². The van der Waals surface area contributed by atoms with Crippen LogP contribution in [0.2, 0.25) is 0 Å². The smallest absolute Gasteiger partial charge is 0.299 e. The van der Waals surface area contributed by atoms with Crippen LogP contribution in [0.15, 0.2) is 22.7 Å². The Morgan fingerprint density at radius 2 is 2.14 bits per heavy atom. The molecule has 2 heterocycles. The average Bonchev–Trinajstić information content (AvgIpc) is 3.18. The quantitative estimate of drug-likeness (QED) is 0.805. The lowest BCUT2D eigenvalue weighted by Crippen LogP contribution is -2.29. The zero-order chi connectivity index (χ0) is 14.6. The molecule has 2 aromatic rings. The molecule has 0 spiro atoms. The van der Waals surface area contributed by atoms with Crippen LogP contribution in [0.3, 0.4) is 0 Å². The summed E-state index contributed by atoms with van der Waals surface area (Å²) in [5.41, 5.74) is 0.454. The second-order valence-corrected chi connectivity index (χ2v) is 5.21. The van der Waals surface area contributed by atoms with Crippen molar-refractivity contribution in [1.29, 1.82) is 0 Å². The molecule has 1 aromatic heterocycles. The topological polar surface area (TPSA) is 76.3 Å². The van der Waals surface area contributed by atoms with E-state index in [2.05, 4.69) is 10.1 Å². The Hall–Kier alpha value is -2.57. The van der Waals surface area contributed by atoms with Crippen molar-refractivity contribution in [3.63, 3.8) is 0 Å². The van der Waals surface area contributed by atoms with E-state index in [1.807, 2.05) is 0 Å². The van der Waals surface area contributed by atoms with Crippen LogP contribution in [-0.4, -0.2) is 21.8 Å². The number of nitrogens with zero attached hydrogens (tertiary/aromatic N) is 3. The number of hydrogen-bond acceptors (Lipinski definition) is 5. The normalized spacial score (nSPS) is 17.5. The molecule has 0 saturated heterocycles. The molecule has 1 amide bonds. The second-order valence-electron chi connectivity index (χ2n) is 5.21. The Morgan fingerprint density at radius 3 is 2.90 bits per heavy atom. The summed E-state index contributed by atoms with van der Waals surface area (Å²) in [6.07, 6.45) is 2.07. The highest BCUT2D eigenvalue weighted by molar-refractivity contribution is 6.52. The lowest BCUT2D eigenvalue weighted by atomic mass is 10.1. The highest BCUT2D eigenvalue weighted by atomic mass is 19.1. The van der Waals surface area contributed by atoms with Crippen LogP contribution in [0.4, 0.5) is 10.1 Å². The third-order valence-corrected chi connectivity index (χ3v) is 3.64. The lowest BCUT2D eigenvalue weighted by molar-refractivity contribution is -0.114. The van der Waals surface area contributed by atoms with Crippen LogP contribution in [0.25, 0.3) is 0 Å². The second kappa shape index (κ2) is 4.21. The van der Waals surface area contributed by atoms with Crippen molar-refractivity contribution in [3.05, 3.63) is 41.3 Å². The highest BCUT2D eigenvalue weighted by Crippen LogP contribution is 2.39. The van der Waals surface area contributed by atoms with Gasteiger partial charge in [0.2, 0.25) is 5.89 Å². The molecule has 6 nitrogen and oxygen atoms in total. The number of hydrogen-bond donors (Lipinski definition) is 0. The van der Waals surface area contributed by atoms with E-state index in [0.29, 0.717) is 23.3 Å². The Kier molecular flexibility index (Phi) is 2.44. The van der Waals surface area contributed by atoms with E-state index in [9.17, 15) is 14.0 Å². The van der Waals surface area contributed by atoms with Gasteiger partial charge in [-0.05, 0) is 31.0 Å². The number of benzene rings is 1. The van der Waals surface area contributed by atoms with E-state index in [0.717, 1.165) is 18.9 Å². The zero-order valence-electron chi connectivity index (χ0n) is 10.9. The largest absolute Gasteiger partial charge is 0.339 e. The molecule has 106 valence electrons. The zero-order valence-corrected chi connectivity index (χ0v) is 10.9. The first-order chi connectivity index (χ1) is 10.1. The van der Waals surface area contributed by atoms with Crippen molar-refractivity contribution >= 4 is 17.4 Å². The summed E-state index contributed by atoms with van der Waals surface area (Å²) >= 11 is 0. The molecule has 0 bridgehead atoms. The third-order valence-electron chi connectivity index (χ3n) is 3.64. The number of aromatic nitrogens is 2. The number of halogens is 1. The van der Waals surface area contributed by atoms with Gasteiger partial charge in [0.05, 0.1) is 17.8 Å². The number of Topliss-reactive ketones (excluding diaryl/α,β-unsaturated/α-hetero) is 1. The Labute approximate surface area is 118 Å². The summed E-state index contributed by atoms with van der Waals surface area (Å²) in [5.74, 6) is -0.725. The molecule has 7 heteroatoms. The first kappa shape index (κ1) is 12.2. The summed E-state index contributed by atoms with van der Waals surface area (Å²) in [6.45, 7) is 0.0411. The molecule has 2 aliphatic rings. The maximum atomic E-state index is 13.2. The standard InChI is InChI=1S/C14H10FN3O3/c15-8-3-4-10-9(5-8)12(19)14(20)18(10)6-11-16-13(21-17-11)7-1-2-7/h3-5,7H,1-2,6H2. The maximum absolute atomic E-state index is 13.2. The third kappa shape index (κ3) is 1.93. The number of ketones is 1. The molecule has 4 rings (SSSR count). The summed E-state index contributed by atoms with van der Waals surface area (Å²) in [5, 5.41) is 3.83. The fraction of sp³-hybridized carbons (Fsp3) is 0.286. The van der Waals surface area contributed by atoms with Gasteiger partial charge < -0.3 is 4.52 Å². The average molecular weight is 287 g/mol. The van der Waals surface area contributed by atoms with E-state index in [4.69, 9.17) is 4.52 Å². The number of anilines is 1. The van der Waals surface area contributed by atoms with Crippen molar-refractivity contribution in [2.45, 2.75) is 25.3 Å². The van der Waals surface area contributed by atoms with Crippen molar-refractivity contribution < 1.29 is 18.5 Å². The van der Waals surface area contributed by atoms with Crippen molar-refractivity contribution in [3.8, 4) is 0 Å². The number of fused-ring (bicyclic) bond motifs is 1. The first-order valence-electron chi connectivity index (χ1n) is 6.61. The minimum Gasteiger partial charge on any atom is -0.339 e. The first-order valence-corrected chi connectivity index (χ1v) is 6.61. The molecule has 1 aliphatic carbocycles. The van der Waals surface area contributed by atoms with Gasteiger partial charge in [-0.3, -0.25) is 14.5 Å². The van der Waals surface area contributed by atoms with Crippen LogP contribution in [0, 0.1) is 5.82 Å². The van der Waals surface area contributed by atoms with Crippen LogP contribution in [0.5, 0.6) is 0 Å². The van der Waals surface area contributed by atoms with Gasteiger partial charge in [0.15, 0.2) is 5.82 Å². The maximum Gasteiger partial charge on any atom is 0.299 e. The van der Waals surface area contributed by atoms with Crippen molar-refractivity contribution in [1.82, 2.24) is 10.1 Å². The van der Waals surface area contributed by atoms with E-state index in [-0.39, 0.29) is 12.1 Å². The van der Waals surface area contributed by atoms with Crippen LogP contribution < -0.4 is 4.90 Å². The van der Waals surface area contributed by atoms with Crippen molar-refractivity contribution in [2.75, 3.05) is 4.90 Å². The molecule has 0 N–H and O–H groups in total. The van der Waals surface area contributed by atoms with Gasteiger partial charge in [-0.2, -0.15) is 4.98 Å². The summed E-state index contributed by atoms with van der Waals surface area (Å²) in [7, 11) is 0. The molecule has 1 aliphatic heterocycles. The fourth-order valence-electron chi connectivity index (χ4n) is 2.40. The van der Waals surface area contributed by atoms with Gasteiger partial charge in [-0.1, -0.05) is 5.16 Å². The molecule has 0 radical (unpaired) electrons. The predicted molar refractivity (Wildman–Crippen MR) is 68.2 cm³/mol. The monoisotopic (exact) mass is 287 g/mol. The van der Waals surface area contributed by atoms with E-state index < -0.39 is 17.5 Å². The SMILES string of the molecule is O=C1C(=O)N(Cc2noc(C3CC3)n2)c2ccc(F)cc21. The van der Waals surface area contributed by atoms with Crippen LogP contribution in [-0.2, 0) is 11.3 Å². The molecule has 1 fully saturated rings. The summed E-state index contributed by atoms with van der Waals surface area (Å²) in [6, 6.07) is 3.69. The minimum absolute atomic E-state index is 0.0411. The van der Waals surface area contributed by atoms with Crippen molar-refractivity contribution in [2.24, 2.45) is 0 Å². The van der Waals surface area contributed by atoms with Gasteiger partial charge in [0, 0.05) is 5.92 Å². The summed E-state index contributed by atoms with van der Waals surface area (Å²) in [4.78, 5) is 29.3. The van der Waals surface area contributed by atoms with E-state index in [1.165, 1.54) is 17.0 Å². The minimum atomic E-state index is -0.713. The fourth-order valence-corrected chi connectivity index (χ4v) is 2.40. The molecule has 21 heavy (non-hydrogen) atoms. The Morgan fingerprint density at radius 1 is 1.33 bits per heavy atom. The van der Waals surface area contributed by atoms with Gasteiger partial charge in [0.25, 0.3) is 11.7 Å². The van der Waals surface area contributed by atoms with Crippen LogP contribution in [0.1, 0.15) is 40.8 Å². The molecule has 1 aromatic carbocycles. The Balaban J connectivity index is 1.65. The molecular weight excluding hydrogens is 277 g/mol. The van der Waals surface area contributed by atoms with Gasteiger partial charge >= 0.3 is 0 Å². The molecular formula is C14H10FN3O3. The molecule has 0 atom stereocenters. The number of carbonyl (C=O) groups excluding carboxylic acids is 2. The predicted octanol–water partition coefficient (Wildman–Crippen LogP) is 1.82.